The van der Waals surface area contributed by atoms with Crippen LogP contribution in [0.3, 0.4) is 0 Å². The SMILES string of the molecule is CCCC/C=C\CCCC(=O)Nc1ccc(NCc2ccc(C(F)(F)F)cc2)c(F)c1N. The minimum absolute atomic E-state index is 0.0950. The molecule has 0 radical (unpaired) electrons. The molecule has 0 aliphatic carbocycles. The number of halogens is 4. The molecule has 1 amide bonds. The van der Waals surface area contributed by atoms with Gasteiger partial charge in [0.05, 0.1) is 22.6 Å². The summed E-state index contributed by atoms with van der Waals surface area (Å²) in [5.41, 5.74) is 5.71. The molecule has 174 valence electrons. The first-order valence-electron chi connectivity index (χ1n) is 10.6. The quantitative estimate of drug-likeness (QED) is 0.151. The van der Waals surface area contributed by atoms with Crippen molar-refractivity contribution < 1.29 is 22.4 Å². The Morgan fingerprint density at radius 2 is 1.62 bits per heavy atom. The number of allylic oxidation sites excluding steroid dienone is 2. The van der Waals surface area contributed by atoms with Gasteiger partial charge >= 0.3 is 6.18 Å². The highest BCUT2D eigenvalue weighted by Crippen LogP contribution is 2.30. The molecular formula is C24H29F4N3O. The van der Waals surface area contributed by atoms with Crippen molar-refractivity contribution in [3.63, 3.8) is 0 Å². The minimum Gasteiger partial charge on any atom is -0.395 e. The molecule has 0 aliphatic heterocycles. The predicted octanol–water partition coefficient (Wildman–Crippen LogP) is 6.89. The van der Waals surface area contributed by atoms with E-state index in [0.29, 0.717) is 18.4 Å². The lowest BCUT2D eigenvalue weighted by Gasteiger charge is -2.14. The summed E-state index contributed by atoms with van der Waals surface area (Å²) >= 11 is 0. The van der Waals surface area contributed by atoms with E-state index in [1.807, 2.05) is 0 Å². The number of anilines is 3. The third-order valence-electron chi connectivity index (χ3n) is 4.88. The van der Waals surface area contributed by atoms with Crippen LogP contribution in [0.2, 0.25) is 0 Å². The monoisotopic (exact) mass is 451 g/mol. The first-order chi connectivity index (χ1) is 15.2. The second kappa shape index (κ2) is 12.1. The molecule has 2 aromatic carbocycles. The number of hydrogen-bond acceptors (Lipinski definition) is 3. The van der Waals surface area contributed by atoms with Crippen molar-refractivity contribution in [2.45, 2.75) is 58.2 Å². The molecule has 2 rings (SSSR count). The topological polar surface area (TPSA) is 67.2 Å². The fraction of sp³-hybridized carbons (Fsp3) is 0.375. The van der Waals surface area contributed by atoms with Gasteiger partial charge in [-0.25, -0.2) is 4.39 Å². The summed E-state index contributed by atoms with van der Waals surface area (Å²) < 4.78 is 52.5. The lowest BCUT2D eigenvalue weighted by molar-refractivity contribution is -0.137. The number of carbonyl (C=O) groups excluding carboxylic acids is 1. The standard InChI is InChI=1S/C24H29F4N3O/c1-2-3-4-5-6-7-8-9-21(32)31-20-15-14-19(22(25)23(20)29)30-16-17-10-12-18(13-11-17)24(26,27)28/h5-6,10-15,30H,2-4,7-9,16,29H2,1H3,(H,31,32)/b6-5-. The van der Waals surface area contributed by atoms with Gasteiger partial charge in [-0.2, -0.15) is 13.2 Å². The molecule has 0 saturated carbocycles. The summed E-state index contributed by atoms with van der Waals surface area (Å²) in [6.45, 7) is 2.25. The van der Waals surface area contributed by atoms with Gasteiger partial charge in [0.1, 0.15) is 0 Å². The number of benzene rings is 2. The molecule has 4 N–H and O–H groups in total. The van der Waals surface area contributed by atoms with E-state index in [-0.39, 0.29) is 29.5 Å². The van der Waals surface area contributed by atoms with E-state index in [1.54, 1.807) is 0 Å². The lowest BCUT2D eigenvalue weighted by Crippen LogP contribution is -2.14. The van der Waals surface area contributed by atoms with Crippen LogP contribution in [0.25, 0.3) is 0 Å². The molecular weight excluding hydrogens is 422 g/mol. The second-order valence-corrected chi connectivity index (χ2v) is 7.49. The van der Waals surface area contributed by atoms with E-state index in [1.165, 1.54) is 24.3 Å². The van der Waals surface area contributed by atoms with Crippen LogP contribution in [0.15, 0.2) is 48.6 Å². The Balaban J connectivity index is 1.87. The maximum atomic E-state index is 14.6. The van der Waals surface area contributed by atoms with Crippen LogP contribution in [-0.4, -0.2) is 5.91 Å². The Labute approximate surface area is 185 Å². The summed E-state index contributed by atoms with van der Waals surface area (Å²) in [5.74, 6) is -0.975. The Bertz CT molecular complexity index is 909. The van der Waals surface area contributed by atoms with Crippen molar-refractivity contribution in [3.8, 4) is 0 Å². The fourth-order valence-electron chi connectivity index (χ4n) is 3.00. The molecule has 0 aromatic heterocycles. The van der Waals surface area contributed by atoms with Crippen LogP contribution in [-0.2, 0) is 17.5 Å². The fourth-order valence-corrected chi connectivity index (χ4v) is 3.00. The van der Waals surface area contributed by atoms with Crippen LogP contribution >= 0.6 is 0 Å². The Hall–Kier alpha value is -3.03. The highest BCUT2D eigenvalue weighted by Gasteiger charge is 2.29. The van der Waals surface area contributed by atoms with Crippen LogP contribution in [0.4, 0.5) is 34.6 Å². The molecule has 0 unspecified atom stereocenters. The van der Waals surface area contributed by atoms with Crippen LogP contribution in [0, 0.1) is 5.82 Å². The average molecular weight is 452 g/mol. The Morgan fingerprint density at radius 1 is 1.00 bits per heavy atom. The first kappa shape index (κ1) is 25.2. The van der Waals surface area contributed by atoms with E-state index < -0.39 is 17.6 Å². The molecule has 0 aliphatic rings. The number of carbonyl (C=O) groups is 1. The molecule has 0 spiro atoms. The summed E-state index contributed by atoms with van der Waals surface area (Å²) in [6.07, 6.45) is 4.89. The molecule has 0 fully saturated rings. The molecule has 0 atom stereocenters. The van der Waals surface area contributed by atoms with Gasteiger partial charge in [0, 0.05) is 13.0 Å². The van der Waals surface area contributed by atoms with Gasteiger partial charge in [-0.05, 0) is 49.1 Å². The third kappa shape index (κ3) is 7.90. The van der Waals surface area contributed by atoms with Crippen LogP contribution in [0.1, 0.15) is 56.6 Å². The lowest BCUT2D eigenvalue weighted by atomic mass is 10.1. The normalized spacial score (nSPS) is 11.7. The maximum absolute atomic E-state index is 14.6. The van der Waals surface area contributed by atoms with Crippen molar-refractivity contribution in [1.29, 1.82) is 0 Å². The van der Waals surface area contributed by atoms with E-state index in [9.17, 15) is 22.4 Å². The average Bonchev–Trinajstić information content (AvgIpc) is 2.75. The maximum Gasteiger partial charge on any atom is 0.416 e. The number of alkyl halides is 3. The van der Waals surface area contributed by atoms with Crippen molar-refractivity contribution in [3.05, 3.63) is 65.5 Å². The Morgan fingerprint density at radius 3 is 2.25 bits per heavy atom. The first-order valence-corrected chi connectivity index (χ1v) is 10.6. The van der Waals surface area contributed by atoms with Crippen molar-refractivity contribution in [2.75, 3.05) is 16.4 Å². The largest absolute Gasteiger partial charge is 0.416 e. The van der Waals surface area contributed by atoms with Crippen molar-refractivity contribution in [1.82, 2.24) is 0 Å². The zero-order valence-electron chi connectivity index (χ0n) is 18.1. The number of rotatable bonds is 11. The van der Waals surface area contributed by atoms with E-state index in [4.69, 9.17) is 5.73 Å². The summed E-state index contributed by atoms with van der Waals surface area (Å²) in [7, 11) is 0. The van der Waals surface area contributed by atoms with E-state index in [2.05, 4.69) is 29.7 Å². The zero-order chi connectivity index (χ0) is 23.6. The minimum atomic E-state index is -4.40. The number of unbranched alkanes of at least 4 members (excludes halogenated alkanes) is 3. The van der Waals surface area contributed by atoms with Crippen LogP contribution in [0.5, 0.6) is 0 Å². The van der Waals surface area contributed by atoms with E-state index in [0.717, 1.165) is 37.8 Å². The van der Waals surface area contributed by atoms with Gasteiger partial charge in [-0.15, -0.1) is 0 Å². The molecule has 2 aromatic rings. The predicted molar refractivity (Wildman–Crippen MR) is 121 cm³/mol. The smallest absolute Gasteiger partial charge is 0.395 e. The molecule has 0 bridgehead atoms. The molecule has 0 saturated heterocycles. The number of nitrogen functional groups attached to an aromatic ring is 1. The van der Waals surface area contributed by atoms with Gasteiger partial charge < -0.3 is 16.4 Å². The highest BCUT2D eigenvalue weighted by atomic mass is 19.4. The van der Waals surface area contributed by atoms with Gasteiger partial charge in [0.2, 0.25) is 5.91 Å². The Kier molecular flexibility index (Phi) is 9.56. The molecule has 8 heteroatoms. The highest BCUT2D eigenvalue weighted by molar-refractivity contribution is 5.94. The van der Waals surface area contributed by atoms with Crippen LogP contribution < -0.4 is 16.4 Å². The van der Waals surface area contributed by atoms with Gasteiger partial charge in [-0.1, -0.05) is 44.1 Å². The summed E-state index contributed by atoms with van der Waals surface area (Å²) in [4.78, 5) is 12.1. The van der Waals surface area contributed by atoms with Gasteiger partial charge in [0.25, 0.3) is 0 Å². The third-order valence-corrected chi connectivity index (χ3v) is 4.88. The summed E-state index contributed by atoms with van der Waals surface area (Å²) in [5, 5.41) is 5.44. The van der Waals surface area contributed by atoms with Gasteiger partial charge in [-0.3, -0.25) is 4.79 Å². The van der Waals surface area contributed by atoms with Crippen molar-refractivity contribution >= 4 is 23.0 Å². The number of hydrogen-bond donors (Lipinski definition) is 3. The number of nitrogens with one attached hydrogen (secondary N) is 2. The van der Waals surface area contributed by atoms with E-state index >= 15 is 0 Å². The molecule has 0 heterocycles. The molecule has 32 heavy (non-hydrogen) atoms. The summed E-state index contributed by atoms with van der Waals surface area (Å²) in [6, 6.07) is 7.52. The molecule has 4 nitrogen and oxygen atoms in total. The second-order valence-electron chi connectivity index (χ2n) is 7.49. The van der Waals surface area contributed by atoms with Gasteiger partial charge in [0.15, 0.2) is 5.82 Å². The number of amides is 1. The zero-order valence-corrected chi connectivity index (χ0v) is 18.1. The number of nitrogens with two attached hydrogens (primary N) is 1. The van der Waals surface area contributed by atoms with Crippen molar-refractivity contribution in [2.24, 2.45) is 0 Å².